The summed E-state index contributed by atoms with van der Waals surface area (Å²) in [6.07, 6.45) is 8.07. The zero-order valence-corrected chi connectivity index (χ0v) is 11.0. The monoisotopic (exact) mass is 241 g/mol. The molecule has 4 atom stereocenters. The van der Waals surface area contributed by atoms with Crippen molar-refractivity contribution in [3.05, 3.63) is 48.0 Å². The average Bonchev–Trinajstić information content (AvgIpc) is 3.14. The van der Waals surface area contributed by atoms with Crippen LogP contribution >= 0.6 is 0 Å². The number of hydrogen-bond donors (Lipinski definition) is 1. The van der Waals surface area contributed by atoms with Crippen molar-refractivity contribution in [3.8, 4) is 0 Å². The number of fused-ring (bicyclic) bond motifs is 3. The third-order valence-electron chi connectivity index (χ3n) is 4.83. The van der Waals surface area contributed by atoms with Crippen LogP contribution in [-0.4, -0.2) is 6.04 Å². The van der Waals surface area contributed by atoms with Gasteiger partial charge in [0, 0.05) is 6.04 Å². The normalized spacial score (nSPS) is 30.2. The lowest BCUT2D eigenvalue weighted by molar-refractivity contribution is 0.491. The lowest BCUT2D eigenvalue weighted by Gasteiger charge is -2.13. The summed E-state index contributed by atoms with van der Waals surface area (Å²) < 4.78 is 0. The highest BCUT2D eigenvalue weighted by atomic mass is 14.7. The lowest BCUT2D eigenvalue weighted by atomic mass is 9.92. The second kappa shape index (κ2) is 4.89. The van der Waals surface area contributed by atoms with Gasteiger partial charge in [-0.25, -0.2) is 0 Å². The van der Waals surface area contributed by atoms with Crippen LogP contribution in [0.15, 0.2) is 36.9 Å². The molecule has 1 nitrogen and oxygen atoms in total. The van der Waals surface area contributed by atoms with Crippen molar-refractivity contribution in [2.24, 2.45) is 17.6 Å². The molecule has 1 saturated carbocycles. The number of nitrogens with two attached hydrogens (primary N) is 1. The van der Waals surface area contributed by atoms with E-state index in [0.717, 1.165) is 30.6 Å². The summed E-state index contributed by atoms with van der Waals surface area (Å²) in [5, 5.41) is 0. The summed E-state index contributed by atoms with van der Waals surface area (Å²) in [5.41, 5.74) is 9.57. The third kappa shape index (κ3) is 2.01. The first-order valence-electron chi connectivity index (χ1n) is 7.27. The topological polar surface area (TPSA) is 26.0 Å². The number of benzene rings is 1. The van der Waals surface area contributed by atoms with Gasteiger partial charge >= 0.3 is 0 Å². The fourth-order valence-electron chi connectivity index (χ4n) is 3.89. The van der Waals surface area contributed by atoms with E-state index in [2.05, 4.69) is 30.8 Å². The highest BCUT2D eigenvalue weighted by molar-refractivity contribution is 5.39. The highest BCUT2D eigenvalue weighted by Gasteiger charge is 2.54. The van der Waals surface area contributed by atoms with E-state index >= 15 is 0 Å². The molecule has 0 heterocycles. The zero-order valence-electron chi connectivity index (χ0n) is 11.0. The Morgan fingerprint density at radius 1 is 1.39 bits per heavy atom. The molecule has 2 aliphatic carbocycles. The maximum atomic E-state index is 6.40. The smallest absolute Gasteiger partial charge is 0.00760 e. The summed E-state index contributed by atoms with van der Waals surface area (Å²) in [6, 6.07) is 9.36. The standard InChI is InChI=1S/C17H23N/c1-2-3-4-9-15(18)17-14-11-10-12-7-5-6-8-13(12)16(14)17/h2,5-8,14-17H,1,3-4,9-11,18H2. The van der Waals surface area contributed by atoms with Gasteiger partial charge in [-0.05, 0) is 61.0 Å². The Labute approximate surface area is 110 Å². The Bertz CT molecular complexity index is 437. The van der Waals surface area contributed by atoms with Crippen molar-refractivity contribution >= 4 is 0 Å². The largest absolute Gasteiger partial charge is 0.327 e. The van der Waals surface area contributed by atoms with E-state index in [9.17, 15) is 0 Å². The first-order chi connectivity index (χ1) is 8.83. The molecule has 1 aromatic carbocycles. The van der Waals surface area contributed by atoms with Crippen molar-refractivity contribution in [2.75, 3.05) is 0 Å². The summed E-state index contributed by atoms with van der Waals surface area (Å²) in [6.45, 7) is 3.78. The van der Waals surface area contributed by atoms with E-state index in [1.165, 1.54) is 19.3 Å². The first kappa shape index (κ1) is 12.0. The van der Waals surface area contributed by atoms with Crippen molar-refractivity contribution < 1.29 is 0 Å². The molecule has 0 amide bonds. The van der Waals surface area contributed by atoms with Crippen LogP contribution in [0.2, 0.25) is 0 Å². The number of unbranched alkanes of at least 4 members (excludes halogenated alkanes) is 1. The third-order valence-corrected chi connectivity index (χ3v) is 4.83. The van der Waals surface area contributed by atoms with Crippen LogP contribution in [0, 0.1) is 11.8 Å². The Balaban J connectivity index is 1.67. The zero-order chi connectivity index (χ0) is 12.5. The number of rotatable bonds is 5. The van der Waals surface area contributed by atoms with E-state index in [-0.39, 0.29) is 0 Å². The van der Waals surface area contributed by atoms with Gasteiger partial charge in [0.2, 0.25) is 0 Å². The van der Waals surface area contributed by atoms with Gasteiger partial charge in [-0.1, -0.05) is 30.3 Å². The molecule has 2 aliphatic rings. The van der Waals surface area contributed by atoms with Gasteiger partial charge in [-0.2, -0.15) is 0 Å². The molecular formula is C17H23N. The van der Waals surface area contributed by atoms with E-state index in [4.69, 9.17) is 5.73 Å². The molecule has 0 radical (unpaired) electrons. The maximum absolute atomic E-state index is 6.40. The lowest BCUT2D eigenvalue weighted by Crippen LogP contribution is -2.23. The van der Waals surface area contributed by atoms with Crippen LogP contribution < -0.4 is 5.73 Å². The minimum absolute atomic E-state index is 0.395. The summed E-state index contributed by atoms with van der Waals surface area (Å²) >= 11 is 0. The minimum atomic E-state index is 0.395. The molecule has 2 N–H and O–H groups in total. The van der Waals surface area contributed by atoms with Crippen LogP contribution in [0.5, 0.6) is 0 Å². The molecule has 0 spiro atoms. The number of allylic oxidation sites excluding steroid dienone is 1. The number of aryl methyl sites for hydroxylation is 1. The van der Waals surface area contributed by atoms with Crippen LogP contribution in [-0.2, 0) is 6.42 Å². The van der Waals surface area contributed by atoms with Crippen molar-refractivity contribution in [2.45, 2.75) is 44.1 Å². The Morgan fingerprint density at radius 2 is 2.22 bits per heavy atom. The van der Waals surface area contributed by atoms with Gasteiger partial charge in [-0.15, -0.1) is 6.58 Å². The second-order valence-corrected chi connectivity index (χ2v) is 5.89. The Hall–Kier alpha value is -1.08. The Morgan fingerprint density at radius 3 is 3.06 bits per heavy atom. The summed E-state index contributed by atoms with van der Waals surface area (Å²) in [7, 11) is 0. The van der Waals surface area contributed by atoms with Crippen molar-refractivity contribution in [1.29, 1.82) is 0 Å². The predicted octanol–water partition coefficient (Wildman–Crippen LogP) is 3.65. The van der Waals surface area contributed by atoms with Gasteiger partial charge in [0.25, 0.3) is 0 Å². The minimum Gasteiger partial charge on any atom is -0.327 e. The van der Waals surface area contributed by atoms with Gasteiger partial charge in [0.15, 0.2) is 0 Å². The number of hydrogen-bond acceptors (Lipinski definition) is 1. The molecule has 0 bridgehead atoms. The molecule has 96 valence electrons. The highest BCUT2D eigenvalue weighted by Crippen LogP contribution is 2.61. The average molecular weight is 241 g/mol. The van der Waals surface area contributed by atoms with E-state index in [1.807, 2.05) is 6.08 Å². The summed E-state index contributed by atoms with van der Waals surface area (Å²) in [5.74, 6) is 2.39. The van der Waals surface area contributed by atoms with Gasteiger partial charge in [-0.3, -0.25) is 0 Å². The molecule has 1 fully saturated rings. The molecular weight excluding hydrogens is 218 g/mol. The Kier molecular flexibility index (Phi) is 3.25. The van der Waals surface area contributed by atoms with Crippen LogP contribution in [0.4, 0.5) is 0 Å². The van der Waals surface area contributed by atoms with Crippen molar-refractivity contribution in [3.63, 3.8) is 0 Å². The van der Waals surface area contributed by atoms with E-state index in [1.54, 1.807) is 11.1 Å². The molecule has 0 saturated heterocycles. The molecule has 1 aromatic rings. The van der Waals surface area contributed by atoms with Gasteiger partial charge in [0.1, 0.15) is 0 Å². The van der Waals surface area contributed by atoms with Crippen molar-refractivity contribution in [1.82, 2.24) is 0 Å². The van der Waals surface area contributed by atoms with Crippen LogP contribution in [0.25, 0.3) is 0 Å². The molecule has 0 aromatic heterocycles. The quantitative estimate of drug-likeness (QED) is 0.618. The molecule has 4 unspecified atom stereocenters. The van der Waals surface area contributed by atoms with E-state index in [0.29, 0.717) is 6.04 Å². The van der Waals surface area contributed by atoms with Crippen LogP contribution in [0.3, 0.4) is 0 Å². The second-order valence-electron chi connectivity index (χ2n) is 5.89. The van der Waals surface area contributed by atoms with Crippen LogP contribution in [0.1, 0.15) is 42.7 Å². The maximum Gasteiger partial charge on any atom is 0.00760 e. The molecule has 1 heteroatoms. The molecule has 3 rings (SSSR count). The fourth-order valence-corrected chi connectivity index (χ4v) is 3.89. The molecule has 18 heavy (non-hydrogen) atoms. The predicted molar refractivity (Wildman–Crippen MR) is 76.5 cm³/mol. The van der Waals surface area contributed by atoms with Gasteiger partial charge < -0.3 is 5.73 Å². The molecule has 0 aliphatic heterocycles. The fraction of sp³-hybridized carbons (Fsp3) is 0.529. The summed E-state index contributed by atoms with van der Waals surface area (Å²) in [4.78, 5) is 0. The SMILES string of the molecule is C=CCCCC(N)C1C2CCc3ccccc3C21. The van der Waals surface area contributed by atoms with Gasteiger partial charge in [0.05, 0.1) is 0 Å². The van der Waals surface area contributed by atoms with E-state index < -0.39 is 0 Å². The first-order valence-corrected chi connectivity index (χ1v) is 7.27.